The van der Waals surface area contributed by atoms with Gasteiger partial charge in [-0.1, -0.05) is 12.1 Å². The fourth-order valence-electron chi connectivity index (χ4n) is 1.23. The van der Waals surface area contributed by atoms with E-state index in [1.165, 1.54) is 16.7 Å². The molecule has 0 aliphatic rings. The van der Waals surface area contributed by atoms with Gasteiger partial charge in [-0.25, -0.2) is 4.79 Å². The smallest absolute Gasteiger partial charge is 0.340 e. The van der Waals surface area contributed by atoms with Gasteiger partial charge in [-0.05, 0) is 12.1 Å². The zero-order valence-electron chi connectivity index (χ0n) is 7.06. The molecule has 1 aromatic carbocycles. The highest BCUT2D eigenvalue weighted by Crippen LogP contribution is 2.15. The van der Waals surface area contributed by atoms with Gasteiger partial charge >= 0.3 is 5.97 Å². The molecule has 0 aliphatic carbocycles. The van der Waals surface area contributed by atoms with Crippen LogP contribution in [0.5, 0.6) is 0 Å². The fraction of sp³-hybridized carbons (Fsp3) is 0. The zero-order valence-corrected chi connectivity index (χ0v) is 7.88. The number of rotatable bonds is 1. The quantitative estimate of drug-likeness (QED) is 0.776. The minimum absolute atomic E-state index is 0.159. The molecule has 70 valence electrons. The van der Waals surface area contributed by atoms with Gasteiger partial charge in [-0.15, -0.1) is 11.3 Å². The molecule has 0 atom stereocenters. The van der Waals surface area contributed by atoms with Crippen LogP contribution in [0.4, 0.5) is 0 Å². The molecule has 1 heterocycles. The van der Waals surface area contributed by atoms with Gasteiger partial charge in [0.1, 0.15) is 5.56 Å². The van der Waals surface area contributed by atoms with Gasteiger partial charge in [-0.2, -0.15) is 0 Å². The number of carboxylic acids is 1. The van der Waals surface area contributed by atoms with Crippen molar-refractivity contribution in [1.29, 1.82) is 0 Å². The monoisotopic (exact) mass is 206 g/mol. The van der Waals surface area contributed by atoms with Crippen LogP contribution in [-0.4, -0.2) is 11.1 Å². The van der Waals surface area contributed by atoms with Crippen LogP contribution in [0.1, 0.15) is 10.4 Å². The third kappa shape index (κ3) is 1.29. The lowest BCUT2D eigenvalue weighted by Gasteiger charge is -1.96. The first kappa shape index (κ1) is 8.90. The molecule has 3 nitrogen and oxygen atoms in total. The van der Waals surface area contributed by atoms with E-state index in [2.05, 4.69) is 0 Å². The molecule has 14 heavy (non-hydrogen) atoms. The van der Waals surface area contributed by atoms with Gasteiger partial charge in [0.15, 0.2) is 0 Å². The summed E-state index contributed by atoms with van der Waals surface area (Å²) < 4.78 is 0.808. The van der Waals surface area contributed by atoms with Crippen LogP contribution in [0.25, 0.3) is 10.1 Å². The Morgan fingerprint density at radius 1 is 1.29 bits per heavy atom. The number of benzene rings is 1. The maximum Gasteiger partial charge on any atom is 0.340 e. The van der Waals surface area contributed by atoms with E-state index in [-0.39, 0.29) is 5.56 Å². The molecule has 0 saturated carbocycles. The number of hydrogen-bond acceptors (Lipinski definition) is 3. The predicted octanol–water partition coefficient (Wildman–Crippen LogP) is 1.96. The largest absolute Gasteiger partial charge is 0.478 e. The summed E-state index contributed by atoms with van der Waals surface area (Å²) in [4.78, 5) is 22.3. The zero-order chi connectivity index (χ0) is 10.1. The number of hydrogen-bond donors (Lipinski definition) is 1. The molecule has 0 unspecified atom stereocenters. The van der Waals surface area contributed by atoms with Crippen LogP contribution in [0, 0.1) is 0 Å². The highest BCUT2D eigenvalue weighted by atomic mass is 32.1. The second-order valence-corrected chi connectivity index (χ2v) is 3.69. The van der Waals surface area contributed by atoms with Crippen molar-refractivity contribution in [3.63, 3.8) is 0 Å². The van der Waals surface area contributed by atoms with Crippen LogP contribution in [0.3, 0.4) is 0 Å². The molecule has 0 aliphatic heterocycles. The Morgan fingerprint density at radius 3 is 2.71 bits per heavy atom. The summed E-state index contributed by atoms with van der Waals surface area (Å²) in [7, 11) is 0. The molecule has 0 bridgehead atoms. The van der Waals surface area contributed by atoms with E-state index in [0.717, 1.165) is 4.70 Å². The Balaban J connectivity index is 2.89. The van der Waals surface area contributed by atoms with E-state index in [9.17, 15) is 9.59 Å². The SMILES string of the molecule is O=C(O)c1csc2ccccc2c1=O. The maximum absolute atomic E-state index is 11.6. The summed E-state index contributed by atoms with van der Waals surface area (Å²) in [5.41, 5.74) is -0.569. The fourth-order valence-corrected chi connectivity index (χ4v) is 2.12. The normalized spacial score (nSPS) is 10.3. The van der Waals surface area contributed by atoms with Crippen molar-refractivity contribution in [3.05, 3.63) is 45.4 Å². The first-order chi connectivity index (χ1) is 6.70. The number of fused-ring (bicyclic) bond motifs is 1. The first-order valence-corrected chi connectivity index (χ1v) is 4.82. The Hall–Kier alpha value is -1.68. The minimum atomic E-state index is -1.17. The standard InChI is InChI=1S/C10H6O3S/c11-9-6-3-1-2-4-8(6)14-5-7(9)10(12)13/h1-5H,(H,12,13). The average Bonchev–Trinajstić information content (AvgIpc) is 2.18. The van der Waals surface area contributed by atoms with Gasteiger partial charge in [-0.3, -0.25) is 4.79 Å². The van der Waals surface area contributed by atoms with Crippen molar-refractivity contribution >= 4 is 27.4 Å². The topological polar surface area (TPSA) is 54.4 Å². The average molecular weight is 206 g/mol. The molecule has 2 aromatic rings. The number of aromatic carboxylic acids is 1. The van der Waals surface area contributed by atoms with Gasteiger partial charge in [0.05, 0.1) is 0 Å². The number of carbonyl (C=O) groups is 1. The lowest BCUT2D eigenvalue weighted by atomic mass is 10.2. The van der Waals surface area contributed by atoms with Crippen molar-refractivity contribution in [2.24, 2.45) is 0 Å². The third-order valence-corrected chi connectivity index (χ3v) is 2.87. The summed E-state index contributed by atoms with van der Waals surface area (Å²) in [6.07, 6.45) is 0. The van der Waals surface area contributed by atoms with Crippen molar-refractivity contribution in [2.45, 2.75) is 0 Å². The summed E-state index contributed by atoms with van der Waals surface area (Å²) in [6.45, 7) is 0. The van der Waals surface area contributed by atoms with E-state index in [1.807, 2.05) is 6.07 Å². The second kappa shape index (κ2) is 3.23. The van der Waals surface area contributed by atoms with Gasteiger partial charge in [0.25, 0.3) is 0 Å². The Morgan fingerprint density at radius 2 is 2.00 bits per heavy atom. The van der Waals surface area contributed by atoms with E-state index < -0.39 is 11.4 Å². The van der Waals surface area contributed by atoms with E-state index in [0.29, 0.717) is 5.39 Å². The van der Waals surface area contributed by atoms with Crippen molar-refractivity contribution < 1.29 is 9.90 Å². The third-order valence-electron chi connectivity index (χ3n) is 1.91. The highest BCUT2D eigenvalue weighted by Gasteiger charge is 2.10. The van der Waals surface area contributed by atoms with Crippen LogP contribution < -0.4 is 5.43 Å². The summed E-state index contributed by atoms with van der Waals surface area (Å²) in [5, 5.41) is 10.6. The molecular weight excluding hydrogens is 200 g/mol. The Labute approximate surface area is 83.2 Å². The summed E-state index contributed by atoms with van der Waals surface area (Å²) in [6, 6.07) is 6.98. The van der Waals surface area contributed by atoms with Crippen LogP contribution in [-0.2, 0) is 0 Å². The molecule has 2 rings (SSSR count). The molecule has 0 radical (unpaired) electrons. The van der Waals surface area contributed by atoms with Gasteiger partial charge < -0.3 is 5.11 Å². The lowest BCUT2D eigenvalue weighted by Crippen LogP contribution is -2.13. The lowest BCUT2D eigenvalue weighted by molar-refractivity contribution is 0.0696. The summed E-state index contributed by atoms with van der Waals surface area (Å²) >= 11 is 1.27. The summed E-state index contributed by atoms with van der Waals surface area (Å²) in [5.74, 6) is -1.17. The molecule has 0 saturated heterocycles. The Bertz CT molecular complexity index is 557. The number of carboxylic acid groups (broad SMARTS) is 1. The molecular formula is C10H6O3S. The van der Waals surface area contributed by atoms with E-state index in [4.69, 9.17) is 5.11 Å². The van der Waals surface area contributed by atoms with E-state index in [1.54, 1.807) is 18.2 Å². The maximum atomic E-state index is 11.6. The van der Waals surface area contributed by atoms with Crippen molar-refractivity contribution in [2.75, 3.05) is 0 Å². The van der Waals surface area contributed by atoms with Crippen LogP contribution in [0.15, 0.2) is 34.4 Å². The minimum Gasteiger partial charge on any atom is -0.478 e. The predicted molar refractivity (Wildman–Crippen MR) is 55.1 cm³/mol. The van der Waals surface area contributed by atoms with E-state index >= 15 is 0 Å². The second-order valence-electron chi connectivity index (χ2n) is 2.78. The van der Waals surface area contributed by atoms with Crippen molar-refractivity contribution in [1.82, 2.24) is 0 Å². The van der Waals surface area contributed by atoms with Crippen molar-refractivity contribution in [3.8, 4) is 0 Å². The van der Waals surface area contributed by atoms with Gasteiger partial charge in [0.2, 0.25) is 5.43 Å². The molecule has 4 heteroatoms. The van der Waals surface area contributed by atoms with Gasteiger partial charge in [0, 0.05) is 15.5 Å². The molecule has 0 amide bonds. The molecule has 1 N–H and O–H groups in total. The first-order valence-electron chi connectivity index (χ1n) is 3.94. The van der Waals surface area contributed by atoms with Crippen LogP contribution >= 0.6 is 11.3 Å². The molecule has 1 aromatic heterocycles. The highest BCUT2D eigenvalue weighted by molar-refractivity contribution is 7.16. The molecule has 0 spiro atoms. The Kier molecular flexibility index (Phi) is 2.05. The molecule has 0 fully saturated rings. The van der Waals surface area contributed by atoms with Crippen LogP contribution in [0.2, 0.25) is 0 Å².